The summed E-state index contributed by atoms with van der Waals surface area (Å²) in [7, 11) is 1.69. The van der Waals surface area contributed by atoms with Gasteiger partial charge in [-0.05, 0) is 43.0 Å². The molecular formula is C13H19NOS. The zero-order chi connectivity index (χ0) is 12.3. The van der Waals surface area contributed by atoms with Gasteiger partial charge in [0.05, 0.1) is 12.1 Å². The van der Waals surface area contributed by atoms with Gasteiger partial charge < -0.3 is 10.5 Å². The van der Waals surface area contributed by atoms with E-state index < -0.39 is 0 Å². The molecule has 2 N–H and O–H groups in total. The topological polar surface area (TPSA) is 35.2 Å². The summed E-state index contributed by atoms with van der Waals surface area (Å²) in [5, 5.41) is 0. The Bertz CT molecular complexity index is 401. The van der Waals surface area contributed by atoms with E-state index in [-0.39, 0.29) is 5.92 Å². The predicted octanol–water partition coefficient (Wildman–Crippen LogP) is 2.78. The van der Waals surface area contributed by atoms with Crippen LogP contribution in [0, 0.1) is 19.8 Å². The molecule has 0 saturated carbocycles. The lowest BCUT2D eigenvalue weighted by atomic mass is 9.95. The van der Waals surface area contributed by atoms with Crippen LogP contribution < -0.4 is 10.5 Å². The molecule has 2 nitrogen and oxygen atoms in total. The molecule has 0 aliphatic rings. The molecule has 0 fully saturated rings. The molecule has 0 aliphatic heterocycles. The van der Waals surface area contributed by atoms with Gasteiger partial charge in [-0.2, -0.15) is 0 Å². The highest BCUT2D eigenvalue weighted by Gasteiger charge is 2.10. The molecule has 3 heteroatoms. The Hall–Kier alpha value is -1.09. The molecule has 88 valence electrons. The van der Waals surface area contributed by atoms with Crippen LogP contribution in [0.25, 0.3) is 0 Å². The molecule has 1 aromatic carbocycles. The van der Waals surface area contributed by atoms with Crippen LogP contribution in [0.2, 0.25) is 0 Å². The third-order valence-corrected chi connectivity index (χ3v) is 3.27. The van der Waals surface area contributed by atoms with Crippen LogP contribution in [0.1, 0.15) is 23.6 Å². The van der Waals surface area contributed by atoms with Crippen LogP contribution in [-0.4, -0.2) is 12.1 Å². The van der Waals surface area contributed by atoms with Gasteiger partial charge in [-0.15, -0.1) is 0 Å². The van der Waals surface area contributed by atoms with Crippen LogP contribution in [0.15, 0.2) is 12.1 Å². The summed E-state index contributed by atoms with van der Waals surface area (Å²) in [4.78, 5) is 0.577. The smallest absolute Gasteiger partial charge is 0.122 e. The lowest BCUT2D eigenvalue weighted by Gasteiger charge is -2.14. The molecule has 0 saturated heterocycles. The zero-order valence-corrected chi connectivity index (χ0v) is 11.1. The highest BCUT2D eigenvalue weighted by Crippen LogP contribution is 2.24. The van der Waals surface area contributed by atoms with Gasteiger partial charge in [0, 0.05) is 5.92 Å². The SMILES string of the molecule is COc1cc(C)c(CC(C)C(N)=S)cc1C. The number of nitrogens with two attached hydrogens (primary N) is 1. The molecule has 0 bridgehead atoms. The first kappa shape index (κ1) is 13.0. The van der Waals surface area contributed by atoms with E-state index >= 15 is 0 Å². The quantitative estimate of drug-likeness (QED) is 0.818. The summed E-state index contributed by atoms with van der Waals surface area (Å²) in [5.74, 6) is 1.17. The molecule has 0 spiro atoms. The number of thiocarbonyl (C=S) groups is 1. The minimum atomic E-state index is 0.237. The van der Waals surface area contributed by atoms with Gasteiger partial charge in [-0.3, -0.25) is 0 Å². The van der Waals surface area contributed by atoms with E-state index in [0.29, 0.717) is 4.99 Å². The van der Waals surface area contributed by atoms with E-state index in [1.165, 1.54) is 11.1 Å². The normalized spacial score (nSPS) is 12.2. The van der Waals surface area contributed by atoms with Gasteiger partial charge in [-0.1, -0.05) is 25.2 Å². The predicted molar refractivity (Wildman–Crippen MR) is 72.1 cm³/mol. The number of hydrogen-bond acceptors (Lipinski definition) is 2. The Morgan fingerprint density at radius 2 is 2.00 bits per heavy atom. The Balaban J connectivity index is 2.98. The number of methoxy groups -OCH3 is 1. The standard InChI is InChI=1S/C13H19NOS/c1-8-7-12(15-4)9(2)5-11(8)6-10(3)13(14)16/h5,7,10H,6H2,1-4H3,(H2,14,16). The van der Waals surface area contributed by atoms with Gasteiger partial charge in [0.2, 0.25) is 0 Å². The van der Waals surface area contributed by atoms with Crippen molar-refractivity contribution in [3.8, 4) is 5.75 Å². The van der Waals surface area contributed by atoms with E-state index in [1.54, 1.807) is 7.11 Å². The molecule has 1 unspecified atom stereocenters. The van der Waals surface area contributed by atoms with E-state index in [0.717, 1.165) is 17.7 Å². The van der Waals surface area contributed by atoms with Crippen LogP contribution >= 0.6 is 12.2 Å². The maximum absolute atomic E-state index is 5.63. The Morgan fingerprint density at radius 3 is 2.50 bits per heavy atom. The molecule has 16 heavy (non-hydrogen) atoms. The molecule has 0 radical (unpaired) electrons. The van der Waals surface area contributed by atoms with Gasteiger partial charge in [0.1, 0.15) is 5.75 Å². The van der Waals surface area contributed by atoms with Crippen LogP contribution in [0.3, 0.4) is 0 Å². The molecule has 0 amide bonds. The number of ether oxygens (including phenoxy) is 1. The van der Waals surface area contributed by atoms with Crippen LogP contribution in [0.5, 0.6) is 5.75 Å². The van der Waals surface area contributed by atoms with Crippen LogP contribution in [-0.2, 0) is 6.42 Å². The fourth-order valence-corrected chi connectivity index (χ4v) is 1.80. The molecule has 0 aliphatic carbocycles. The number of aryl methyl sites for hydroxylation is 2. The molecule has 1 rings (SSSR count). The highest BCUT2D eigenvalue weighted by molar-refractivity contribution is 7.80. The molecule has 0 aromatic heterocycles. The third kappa shape index (κ3) is 2.95. The monoisotopic (exact) mass is 237 g/mol. The van der Waals surface area contributed by atoms with E-state index in [9.17, 15) is 0 Å². The van der Waals surface area contributed by atoms with Crippen molar-refractivity contribution in [2.24, 2.45) is 11.7 Å². The number of rotatable bonds is 4. The zero-order valence-electron chi connectivity index (χ0n) is 10.3. The van der Waals surface area contributed by atoms with Crippen molar-refractivity contribution in [2.45, 2.75) is 27.2 Å². The fraction of sp³-hybridized carbons (Fsp3) is 0.462. The van der Waals surface area contributed by atoms with Crippen molar-refractivity contribution in [1.82, 2.24) is 0 Å². The first-order chi connectivity index (χ1) is 7.45. The number of hydrogen-bond donors (Lipinski definition) is 1. The Morgan fingerprint density at radius 1 is 1.38 bits per heavy atom. The van der Waals surface area contributed by atoms with Crippen molar-refractivity contribution in [2.75, 3.05) is 7.11 Å². The molecule has 1 atom stereocenters. The molecular weight excluding hydrogens is 218 g/mol. The maximum Gasteiger partial charge on any atom is 0.122 e. The summed E-state index contributed by atoms with van der Waals surface area (Å²) in [6.45, 7) is 6.19. The summed E-state index contributed by atoms with van der Waals surface area (Å²) in [6.07, 6.45) is 0.895. The third-order valence-electron chi connectivity index (χ3n) is 2.87. The summed E-state index contributed by atoms with van der Waals surface area (Å²) in [5.41, 5.74) is 9.30. The minimum absolute atomic E-state index is 0.237. The average Bonchev–Trinajstić information content (AvgIpc) is 2.22. The van der Waals surface area contributed by atoms with Gasteiger partial charge in [0.15, 0.2) is 0 Å². The molecule has 1 aromatic rings. The van der Waals surface area contributed by atoms with E-state index in [1.807, 2.05) is 6.92 Å². The van der Waals surface area contributed by atoms with Crippen LogP contribution in [0.4, 0.5) is 0 Å². The first-order valence-corrected chi connectivity index (χ1v) is 5.80. The van der Waals surface area contributed by atoms with E-state index in [2.05, 4.69) is 26.0 Å². The Labute approximate surface area is 103 Å². The van der Waals surface area contributed by atoms with Crippen molar-refractivity contribution in [1.29, 1.82) is 0 Å². The number of benzene rings is 1. The largest absolute Gasteiger partial charge is 0.496 e. The van der Waals surface area contributed by atoms with Crippen molar-refractivity contribution in [3.63, 3.8) is 0 Å². The average molecular weight is 237 g/mol. The van der Waals surface area contributed by atoms with Crippen molar-refractivity contribution in [3.05, 3.63) is 28.8 Å². The summed E-state index contributed by atoms with van der Waals surface area (Å²) in [6, 6.07) is 4.22. The van der Waals surface area contributed by atoms with Gasteiger partial charge in [-0.25, -0.2) is 0 Å². The molecule has 0 heterocycles. The maximum atomic E-state index is 5.63. The highest BCUT2D eigenvalue weighted by atomic mass is 32.1. The Kier molecular flexibility index (Phi) is 4.30. The van der Waals surface area contributed by atoms with Gasteiger partial charge >= 0.3 is 0 Å². The minimum Gasteiger partial charge on any atom is -0.496 e. The summed E-state index contributed by atoms with van der Waals surface area (Å²) >= 11 is 5.00. The van der Waals surface area contributed by atoms with E-state index in [4.69, 9.17) is 22.7 Å². The van der Waals surface area contributed by atoms with Crippen molar-refractivity contribution < 1.29 is 4.74 Å². The second-order valence-corrected chi connectivity index (χ2v) is 4.73. The fourth-order valence-electron chi connectivity index (χ4n) is 1.72. The summed E-state index contributed by atoms with van der Waals surface area (Å²) < 4.78 is 5.28. The second-order valence-electron chi connectivity index (χ2n) is 4.26. The first-order valence-electron chi connectivity index (χ1n) is 5.39. The lowest BCUT2D eigenvalue weighted by Crippen LogP contribution is -2.20. The lowest BCUT2D eigenvalue weighted by molar-refractivity contribution is 0.411. The second kappa shape index (κ2) is 5.30. The van der Waals surface area contributed by atoms with Gasteiger partial charge in [0.25, 0.3) is 0 Å². The van der Waals surface area contributed by atoms with Crippen molar-refractivity contribution >= 4 is 17.2 Å².